The maximum atomic E-state index is 13.2. The zero-order valence-corrected chi connectivity index (χ0v) is 18.5. The number of benzene rings is 2. The van der Waals surface area contributed by atoms with Gasteiger partial charge < -0.3 is 0 Å². The topological polar surface area (TPSA) is 92.2 Å². The van der Waals surface area contributed by atoms with Crippen molar-refractivity contribution in [2.75, 3.05) is 0 Å². The number of alkyl halides is 3. The Labute approximate surface area is 188 Å². The van der Waals surface area contributed by atoms with Crippen molar-refractivity contribution in [2.24, 2.45) is 0 Å². The standard InChI is InChI=1S/C20H13AsClF4N3O3/c22-14-8-12(17(30)31)7-13(9-14)21(18-27-6-5-16(29-18)20(24,25)26)19(32)28-10-11-1-3-15(23)4-2-11/h1-9H,10H2,(H,28,32)(H,30,31). The van der Waals surface area contributed by atoms with E-state index < -0.39 is 43.0 Å². The SMILES string of the molecule is O=C(O)c1cc(Cl)cc([As](C(=O)NCc2ccc(F)cc2)c2nccc(C(F)(F)F)n2)c1. The molecule has 0 aliphatic rings. The van der Waals surface area contributed by atoms with E-state index in [2.05, 4.69) is 15.3 Å². The average Bonchev–Trinajstić information content (AvgIpc) is 2.73. The fraction of sp³-hybridized carbons (Fsp3) is 0.100. The van der Waals surface area contributed by atoms with E-state index in [-0.39, 0.29) is 26.1 Å². The van der Waals surface area contributed by atoms with Gasteiger partial charge in [0.1, 0.15) is 0 Å². The van der Waals surface area contributed by atoms with E-state index in [0.29, 0.717) is 11.6 Å². The molecule has 1 atom stereocenters. The molecule has 1 unspecified atom stereocenters. The second-order valence-corrected chi connectivity index (χ2v) is 11.0. The van der Waals surface area contributed by atoms with E-state index in [1.165, 1.54) is 36.4 Å². The summed E-state index contributed by atoms with van der Waals surface area (Å²) in [5.41, 5.74) is -0.908. The number of hydrogen-bond acceptors (Lipinski definition) is 4. The van der Waals surface area contributed by atoms with Gasteiger partial charge in [-0.3, -0.25) is 0 Å². The molecule has 1 amide bonds. The molecule has 0 saturated carbocycles. The number of carboxylic acid groups (broad SMARTS) is 1. The molecule has 0 aliphatic carbocycles. The van der Waals surface area contributed by atoms with E-state index in [4.69, 9.17) is 11.6 Å². The molecular weight excluding hydrogens is 517 g/mol. The molecular formula is C20H13AsClF4N3O3. The van der Waals surface area contributed by atoms with Crippen molar-refractivity contribution in [1.82, 2.24) is 15.3 Å². The number of rotatable bonds is 6. The first-order chi connectivity index (χ1) is 15.0. The van der Waals surface area contributed by atoms with Gasteiger partial charge in [-0.25, -0.2) is 0 Å². The monoisotopic (exact) mass is 529 g/mol. The second kappa shape index (κ2) is 9.66. The maximum absolute atomic E-state index is 13.2. The van der Waals surface area contributed by atoms with Crippen LogP contribution >= 0.6 is 11.6 Å². The third kappa shape index (κ3) is 5.83. The normalized spacial score (nSPS) is 12.3. The molecule has 0 fully saturated rings. The summed E-state index contributed by atoms with van der Waals surface area (Å²) in [6, 6.07) is 9.60. The molecule has 0 bridgehead atoms. The Hall–Kier alpha value is -2.97. The predicted molar refractivity (Wildman–Crippen MR) is 109 cm³/mol. The molecule has 1 aromatic heterocycles. The van der Waals surface area contributed by atoms with E-state index in [0.717, 1.165) is 12.3 Å². The summed E-state index contributed by atoms with van der Waals surface area (Å²) >= 11 is 2.62. The molecule has 3 rings (SSSR count). The van der Waals surface area contributed by atoms with Crippen molar-refractivity contribution in [2.45, 2.75) is 12.7 Å². The molecule has 0 aliphatic heterocycles. The fourth-order valence-electron chi connectivity index (χ4n) is 2.62. The molecule has 1 heterocycles. The number of nitrogens with zero attached hydrogens (tertiary/aromatic N) is 2. The number of carboxylic acids is 1. The predicted octanol–water partition coefficient (Wildman–Crippen LogP) is 3.09. The molecule has 6 nitrogen and oxygen atoms in total. The van der Waals surface area contributed by atoms with Crippen LogP contribution in [0.15, 0.2) is 54.7 Å². The van der Waals surface area contributed by atoms with E-state index >= 15 is 0 Å². The molecule has 2 aromatic carbocycles. The van der Waals surface area contributed by atoms with Crippen LogP contribution in [0, 0.1) is 5.82 Å². The molecule has 2 N–H and O–H groups in total. The Bertz CT molecular complexity index is 1160. The first kappa shape index (κ1) is 23.7. The molecule has 166 valence electrons. The van der Waals surface area contributed by atoms with Crippen LogP contribution < -0.4 is 14.3 Å². The summed E-state index contributed by atoms with van der Waals surface area (Å²) in [5.74, 6) is -1.79. The van der Waals surface area contributed by atoms with Crippen molar-refractivity contribution in [3.05, 3.63) is 82.4 Å². The Kier molecular flexibility index (Phi) is 7.15. The third-order valence-corrected chi connectivity index (χ3v) is 8.40. The minimum atomic E-state index is -4.76. The molecule has 32 heavy (non-hydrogen) atoms. The third-order valence-electron chi connectivity index (χ3n) is 4.08. The molecule has 0 radical (unpaired) electrons. The summed E-state index contributed by atoms with van der Waals surface area (Å²) < 4.78 is 51.7. The van der Waals surface area contributed by atoms with Crippen molar-refractivity contribution in [3.8, 4) is 0 Å². The first-order valence-corrected chi connectivity index (χ1v) is 12.0. The van der Waals surface area contributed by atoms with Crippen LogP contribution in [0.4, 0.5) is 22.4 Å². The zero-order chi connectivity index (χ0) is 23.5. The number of amides is 1. The van der Waals surface area contributed by atoms with Crippen LogP contribution in [0.2, 0.25) is 5.02 Å². The number of carbonyl (C=O) groups is 2. The number of aromatic carboxylic acids is 1. The summed E-state index contributed by atoms with van der Waals surface area (Å²) in [4.78, 5) is 31.9. The van der Waals surface area contributed by atoms with Gasteiger partial charge in [0.15, 0.2) is 0 Å². The van der Waals surface area contributed by atoms with Gasteiger partial charge in [-0.2, -0.15) is 0 Å². The summed E-state index contributed by atoms with van der Waals surface area (Å²) in [6.07, 6.45) is -3.87. The van der Waals surface area contributed by atoms with Crippen LogP contribution in [0.25, 0.3) is 0 Å². The Morgan fingerprint density at radius 2 is 1.78 bits per heavy atom. The van der Waals surface area contributed by atoms with Crippen LogP contribution in [0.5, 0.6) is 0 Å². The Balaban J connectivity index is 2.02. The number of hydrogen-bond donors (Lipinski definition) is 2. The van der Waals surface area contributed by atoms with Gasteiger partial charge in [-0.1, -0.05) is 0 Å². The van der Waals surface area contributed by atoms with Gasteiger partial charge in [0.05, 0.1) is 0 Å². The summed E-state index contributed by atoms with van der Waals surface area (Å²) in [5, 5.41) is 11.9. The fourth-order valence-corrected chi connectivity index (χ4v) is 6.82. The second-order valence-electron chi connectivity index (χ2n) is 6.36. The van der Waals surface area contributed by atoms with Gasteiger partial charge >= 0.3 is 189 Å². The minimum absolute atomic E-state index is 0.00224. The Morgan fingerprint density at radius 1 is 1.09 bits per heavy atom. The molecule has 0 saturated heterocycles. The van der Waals surface area contributed by atoms with Crippen LogP contribution in [0.1, 0.15) is 21.6 Å². The molecule has 3 aromatic rings. The van der Waals surface area contributed by atoms with Crippen molar-refractivity contribution in [3.63, 3.8) is 0 Å². The Morgan fingerprint density at radius 3 is 2.41 bits per heavy atom. The van der Waals surface area contributed by atoms with Crippen molar-refractivity contribution < 1.29 is 32.3 Å². The van der Waals surface area contributed by atoms with E-state index in [1.807, 2.05) is 0 Å². The molecule has 0 spiro atoms. The van der Waals surface area contributed by atoms with Gasteiger partial charge in [-0.15, -0.1) is 0 Å². The summed E-state index contributed by atoms with van der Waals surface area (Å²) in [7, 11) is 0. The van der Waals surface area contributed by atoms with Crippen molar-refractivity contribution in [1.29, 1.82) is 0 Å². The number of aromatic nitrogens is 2. The number of nitrogens with one attached hydrogen (secondary N) is 1. The van der Waals surface area contributed by atoms with Crippen LogP contribution in [-0.4, -0.2) is 40.4 Å². The van der Waals surface area contributed by atoms with Gasteiger partial charge in [0, 0.05) is 0 Å². The summed E-state index contributed by atoms with van der Waals surface area (Å²) in [6.45, 7) is -0.0321. The number of carbonyl (C=O) groups excluding carboxylic acids is 1. The zero-order valence-electron chi connectivity index (χ0n) is 15.9. The number of halogens is 5. The van der Waals surface area contributed by atoms with E-state index in [9.17, 15) is 32.3 Å². The first-order valence-electron chi connectivity index (χ1n) is 8.81. The molecule has 12 heteroatoms. The quantitative estimate of drug-likeness (QED) is 0.378. The van der Waals surface area contributed by atoms with Crippen molar-refractivity contribution >= 4 is 45.9 Å². The van der Waals surface area contributed by atoms with Crippen LogP contribution in [-0.2, 0) is 12.7 Å². The average molecular weight is 530 g/mol. The van der Waals surface area contributed by atoms with Gasteiger partial charge in [-0.05, 0) is 0 Å². The van der Waals surface area contributed by atoms with Gasteiger partial charge in [0.25, 0.3) is 0 Å². The van der Waals surface area contributed by atoms with E-state index in [1.54, 1.807) is 0 Å². The van der Waals surface area contributed by atoms with Crippen LogP contribution in [0.3, 0.4) is 0 Å². The van der Waals surface area contributed by atoms with Gasteiger partial charge in [0.2, 0.25) is 0 Å².